The fraction of sp³-hybridized carbons (Fsp3) is 0.600. The topological polar surface area (TPSA) is 24.5 Å². The van der Waals surface area contributed by atoms with Crippen molar-refractivity contribution in [1.82, 2.24) is 10.2 Å². The van der Waals surface area contributed by atoms with Crippen LogP contribution in [0.5, 0.6) is 5.75 Å². The Labute approximate surface area is 127 Å². The van der Waals surface area contributed by atoms with Crippen LogP contribution in [0.1, 0.15) is 31.4 Å². The van der Waals surface area contributed by atoms with Crippen molar-refractivity contribution in [1.29, 1.82) is 0 Å². The van der Waals surface area contributed by atoms with E-state index in [0.29, 0.717) is 5.56 Å². The van der Waals surface area contributed by atoms with Gasteiger partial charge < -0.3 is 10.1 Å². The lowest BCUT2D eigenvalue weighted by Crippen LogP contribution is -2.45. The summed E-state index contributed by atoms with van der Waals surface area (Å²) in [6, 6.07) is 3.75. The van der Waals surface area contributed by atoms with Crippen molar-refractivity contribution in [2.24, 2.45) is 0 Å². The molecule has 3 nitrogen and oxygen atoms in total. The van der Waals surface area contributed by atoms with Crippen LogP contribution in [0.3, 0.4) is 0 Å². The quantitative estimate of drug-likeness (QED) is 0.841. The highest BCUT2D eigenvalue weighted by Crippen LogP contribution is 2.31. The SMILES string of the molecule is CCC[C@@H](c1ccc(OC(F)(F)F)c(F)c1)N1CCNCC1. The third-order valence-corrected chi connectivity index (χ3v) is 3.72. The van der Waals surface area contributed by atoms with Crippen molar-refractivity contribution in [3.8, 4) is 5.75 Å². The number of piperazine rings is 1. The van der Waals surface area contributed by atoms with Gasteiger partial charge in [-0.15, -0.1) is 13.2 Å². The van der Waals surface area contributed by atoms with E-state index in [1.54, 1.807) is 0 Å². The third kappa shape index (κ3) is 4.58. The summed E-state index contributed by atoms with van der Waals surface area (Å²) in [6.45, 7) is 5.43. The number of nitrogens with zero attached hydrogens (tertiary/aromatic N) is 1. The number of nitrogens with one attached hydrogen (secondary N) is 1. The molecule has 0 unspecified atom stereocenters. The Morgan fingerprint density at radius 2 is 1.95 bits per heavy atom. The van der Waals surface area contributed by atoms with E-state index >= 15 is 0 Å². The first-order valence-electron chi connectivity index (χ1n) is 7.40. The summed E-state index contributed by atoms with van der Waals surface area (Å²) >= 11 is 0. The van der Waals surface area contributed by atoms with E-state index in [1.165, 1.54) is 6.07 Å². The predicted octanol–water partition coefficient (Wildman–Crippen LogP) is 3.47. The molecule has 1 aliphatic heterocycles. The monoisotopic (exact) mass is 320 g/mol. The van der Waals surface area contributed by atoms with Crippen LogP contribution < -0.4 is 10.1 Å². The lowest BCUT2D eigenvalue weighted by molar-refractivity contribution is -0.275. The second-order valence-corrected chi connectivity index (χ2v) is 5.33. The minimum Gasteiger partial charge on any atom is -0.403 e. The molecule has 1 saturated heterocycles. The van der Waals surface area contributed by atoms with E-state index < -0.39 is 17.9 Å². The highest BCUT2D eigenvalue weighted by molar-refractivity contribution is 5.31. The Morgan fingerprint density at radius 3 is 2.50 bits per heavy atom. The van der Waals surface area contributed by atoms with Gasteiger partial charge in [0.2, 0.25) is 0 Å². The number of alkyl halides is 3. The smallest absolute Gasteiger partial charge is 0.403 e. The molecule has 0 radical (unpaired) electrons. The molecule has 2 rings (SSSR count). The Morgan fingerprint density at radius 1 is 1.27 bits per heavy atom. The number of benzene rings is 1. The van der Waals surface area contributed by atoms with E-state index in [-0.39, 0.29) is 6.04 Å². The molecule has 0 aromatic heterocycles. The van der Waals surface area contributed by atoms with Gasteiger partial charge >= 0.3 is 6.36 Å². The van der Waals surface area contributed by atoms with E-state index in [2.05, 4.69) is 15.0 Å². The molecule has 1 aromatic carbocycles. The number of rotatable bonds is 5. The minimum absolute atomic E-state index is 0.0153. The van der Waals surface area contributed by atoms with Gasteiger partial charge in [0.25, 0.3) is 0 Å². The van der Waals surface area contributed by atoms with Gasteiger partial charge in [-0.05, 0) is 24.1 Å². The lowest BCUT2D eigenvalue weighted by Gasteiger charge is -2.35. The van der Waals surface area contributed by atoms with Gasteiger partial charge in [-0.1, -0.05) is 19.4 Å². The van der Waals surface area contributed by atoms with Gasteiger partial charge in [0.05, 0.1) is 0 Å². The van der Waals surface area contributed by atoms with Crippen LogP contribution in [0.4, 0.5) is 17.6 Å². The number of hydrogen-bond donors (Lipinski definition) is 1. The van der Waals surface area contributed by atoms with Crippen LogP contribution in [0.15, 0.2) is 18.2 Å². The van der Waals surface area contributed by atoms with Crippen molar-refractivity contribution in [2.75, 3.05) is 26.2 Å². The van der Waals surface area contributed by atoms with Crippen molar-refractivity contribution in [2.45, 2.75) is 32.2 Å². The summed E-state index contributed by atoms with van der Waals surface area (Å²) < 4.78 is 54.1. The van der Waals surface area contributed by atoms with Crippen LogP contribution in [0.2, 0.25) is 0 Å². The van der Waals surface area contributed by atoms with Crippen molar-refractivity contribution >= 4 is 0 Å². The zero-order chi connectivity index (χ0) is 16.2. The third-order valence-electron chi connectivity index (χ3n) is 3.72. The second kappa shape index (κ2) is 7.28. The maximum Gasteiger partial charge on any atom is 0.573 e. The average Bonchev–Trinajstić information content (AvgIpc) is 2.47. The molecule has 124 valence electrons. The van der Waals surface area contributed by atoms with Gasteiger partial charge in [0.1, 0.15) is 0 Å². The summed E-state index contributed by atoms with van der Waals surface area (Å²) in [5.41, 5.74) is 0.691. The normalized spacial score (nSPS) is 18.2. The molecule has 1 atom stereocenters. The molecule has 0 amide bonds. The van der Waals surface area contributed by atoms with Gasteiger partial charge in [-0.3, -0.25) is 4.90 Å². The van der Waals surface area contributed by atoms with Gasteiger partial charge in [-0.2, -0.15) is 0 Å². The van der Waals surface area contributed by atoms with Gasteiger partial charge in [0.15, 0.2) is 11.6 Å². The van der Waals surface area contributed by atoms with E-state index in [0.717, 1.165) is 51.2 Å². The number of halogens is 4. The Bertz CT molecular complexity index is 487. The van der Waals surface area contributed by atoms with Crippen molar-refractivity contribution < 1.29 is 22.3 Å². The largest absolute Gasteiger partial charge is 0.573 e. The molecule has 1 N–H and O–H groups in total. The standard InChI is InChI=1S/C15H20F4N2O/c1-2-3-13(21-8-6-20-7-9-21)11-4-5-14(12(16)10-11)22-15(17,18)19/h4-5,10,13,20H,2-3,6-9H2,1H3/t13-/m0/s1. The first kappa shape index (κ1) is 17.0. The van der Waals surface area contributed by atoms with Crippen LogP contribution in [-0.4, -0.2) is 37.4 Å². The summed E-state index contributed by atoms with van der Waals surface area (Å²) in [5, 5.41) is 3.25. The van der Waals surface area contributed by atoms with Crippen molar-refractivity contribution in [3.05, 3.63) is 29.6 Å². The molecule has 22 heavy (non-hydrogen) atoms. The van der Waals surface area contributed by atoms with Gasteiger partial charge in [-0.25, -0.2) is 4.39 Å². The number of ether oxygens (including phenoxy) is 1. The fourth-order valence-corrected chi connectivity index (χ4v) is 2.76. The summed E-state index contributed by atoms with van der Waals surface area (Å²) in [7, 11) is 0. The molecule has 0 aliphatic carbocycles. The highest BCUT2D eigenvalue weighted by Gasteiger charge is 2.32. The predicted molar refractivity (Wildman–Crippen MR) is 75.2 cm³/mol. The molecule has 1 aromatic rings. The fourth-order valence-electron chi connectivity index (χ4n) is 2.76. The summed E-state index contributed by atoms with van der Waals surface area (Å²) in [5.74, 6) is -1.77. The first-order valence-corrected chi connectivity index (χ1v) is 7.40. The zero-order valence-electron chi connectivity index (χ0n) is 12.4. The van der Waals surface area contributed by atoms with Crippen LogP contribution >= 0.6 is 0 Å². The molecule has 0 bridgehead atoms. The van der Waals surface area contributed by atoms with E-state index in [4.69, 9.17) is 0 Å². The Hall–Kier alpha value is -1.34. The maximum atomic E-state index is 13.9. The average molecular weight is 320 g/mol. The molecule has 1 heterocycles. The molecule has 7 heteroatoms. The van der Waals surface area contributed by atoms with E-state index in [1.807, 2.05) is 6.92 Å². The molecule has 0 saturated carbocycles. The van der Waals surface area contributed by atoms with Crippen LogP contribution in [0.25, 0.3) is 0 Å². The summed E-state index contributed by atoms with van der Waals surface area (Å²) in [6.07, 6.45) is -3.14. The zero-order valence-corrected chi connectivity index (χ0v) is 12.4. The molecule has 1 aliphatic rings. The molecule has 0 spiro atoms. The van der Waals surface area contributed by atoms with Crippen molar-refractivity contribution in [3.63, 3.8) is 0 Å². The van der Waals surface area contributed by atoms with E-state index in [9.17, 15) is 17.6 Å². The lowest BCUT2D eigenvalue weighted by atomic mass is 9.99. The Balaban J connectivity index is 2.19. The van der Waals surface area contributed by atoms with Crippen LogP contribution in [0, 0.1) is 5.82 Å². The minimum atomic E-state index is -4.89. The Kier molecular flexibility index (Phi) is 5.63. The second-order valence-electron chi connectivity index (χ2n) is 5.33. The van der Waals surface area contributed by atoms with Gasteiger partial charge in [0, 0.05) is 32.2 Å². The number of hydrogen-bond acceptors (Lipinski definition) is 3. The summed E-state index contributed by atoms with van der Waals surface area (Å²) in [4.78, 5) is 2.24. The molecule has 1 fully saturated rings. The molecular formula is C15H20F4N2O. The highest BCUT2D eigenvalue weighted by atomic mass is 19.4. The first-order chi connectivity index (χ1) is 10.4. The van der Waals surface area contributed by atoms with Crippen LogP contribution in [-0.2, 0) is 0 Å². The molecular weight excluding hydrogens is 300 g/mol. The maximum absolute atomic E-state index is 13.9.